The third-order valence-electron chi connectivity index (χ3n) is 2.40. The van der Waals surface area contributed by atoms with Gasteiger partial charge in [0, 0.05) is 19.2 Å². The van der Waals surface area contributed by atoms with Crippen molar-refractivity contribution in [1.82, 2.24) is 25.5 Å². The van der Waals surface area contributed by atoms with Crippen LogP contribution in [0.5, 0.6) is 0 Å². The Balaban J connectivity index is 1.82. The minimum atomic E-state index is -0.125. The average Bonchev–Trinajstić information content (AvgIpc) is 2.93. The van der Waals surface area contributed by atoms with E-state index in [1.165, 1.54) is 6.33 Å². The first-order valence-electron chi connectivity index (χ1n) is 6.01. The molecule has 0 spiro atoms. The van der Waals surface area contributed by atoms with Crippen LogP contribution in [0.3, 0.4) is 0 Å². The number of carbonyl (C=O) groups excluding carboxylic acids is 1. The lowest BCUT2D eigenvalue weighted by atomic mass is 10.2. The topological polar surface area (TPSA) is 83.6 Å². The van der Waals surface area contributed by atoms with Crippen molar-refractivity contribution >= 4 is 17.7 Å². The first-order valence-corrected chi connectivity index (χ1v) is 6.99. The number of amides is 1. The zero-order valence-corrected chi connectivity index (χ0v) is 11.4. The lowest BCUT2D eigenvalue weighted by Gasteiger charge is -2.04. The number of pyridine rings is 1. The van der Waals surface area contributed by atoms with E-state index in [0.29, 0.717) is 18.5 Å². The van der Waals surface area contributed by atoms with E-state index in [-0.39, 0.29) is 5.91 Å². The maximum atomic E-state index is 11.8. The van der Waals surface area contributed by atoms with Gasteiger partial charge >= 0.3 is 0 Å². The summed E-state index contributed by atoms with van der Waals surface area (Å²) in [6.45, 7) is 2.58. The number of nitrogens with one attached hydrogen (secondary N) is 2. The summed E-state index contributed by atoms with van der Waals surface area (Å²) in [5.74, 6) is 1.60. The quantitative estimate of drug-likeness (QED) is 0.777. The summed E-state index contributed by atoms with van der Waals surface area (Å²) in [5.41, 5.74) is 0.568. The molecule has 6 nitrogen and oxygen atoms in total. The molecule has 0 aliphatic rings. The highest BCUT2D eigenvalue weighted by Gasteiger charge is 2.06. The van der Waals surface area contributed by atoms with Crippen LogP contribution in [0.2, 0.25) is 0 Å². The van der Waals surface area contributed by atoms with Crippen LogP contribution < -0.4 is 5.32 Å². The van der Waals surface area contributed by atoms with Gasteiger partial charge in [-0.05, 0) is 17.9 Å². The maximum Gasteiger partial charge on any atom is 0.252 e. The lowest BCUT2D eigenvalue weighted by molar-refractivity contribution is 0.0953. The number of aromatic nitrogens is 4. The molecular weight excluding hydrogens is 262 g/mol. The number of rotatable bonds is 6. The summed E-state index contributed by atoms with van der Waals surface area (Å²) in [6.07, 6.45) is 3.68. The predicted molar refractivity (Wildman–Crippen MR) is 73.1 cm³/mol. The summed E-state index contributed by atoms with van der Waals surface area (Å²) in [7, 11) is 0. The molecule has 2 rings (SSSR count). The van der Waals surface area contributed by atoms with Gasteiger partial charge in [0.25, 0.3) is 5.91 Å². The van der Waals surface area contributed by atoms with E-state index >= 15 is 0 Å². The van der Waals surface area contributed by atoms with Crippen molar-refractivity contribution < 1.29 is 4.79 Å². The second kappa shape index (κ2) is 6.89. The number of H-pyrrole nitrogens is 1. The fourth-order valence-corrected chi connectivity index (χ4v) is 2.08. The average molecular weight is 277 g/mol. The Bertz CT molecular complexity index is 511. The Kier molecular flexibility index (Phi) is 4.91. The monoisotopic (exact) mass is 277 g/mol. The highest BCUT2D eigenvalue weighted by Crippen LogP contribution is 2.14. The second-order valence-corrected chi connectivity index (χ2v) is 5.04. The largest absolute Gasteiger partial charge is 0.352 e. The number of hydrogen-bond donors (Lipinski definition) is 2. The smallest absolute Gasteiger partial charge is 0.252 e. The number of aromatic amines is 1. The Hall–Kier alpha value is -1.89. The molecule has 0 radical (unpaired) electrons. The predicted octanol–water partition coefficient (Wildman–Crippen LogP) is 1.28. The van der Waals surface area contributed by atoms with Crippen molar-refractivity contribution in [2.24, 2.45) is 0 Å². The number of hydrogen-bond acceptors (Lipinski definition) is 5. The molecule has 0 unspecified atom stereocenters. The lowest BCUT2D eigenvalue weighted by Crippen LogP contribution is -2.26. The third-order valence-corrected chi connectivity index (χ3v) is 3.23. The van der Waals surface area contributed by atoms with Gasteiger partial charge in [0.1, 0.15) is 12.2 Å². The SMILES string of the molecule is CCSc1ccc(C(=O)NCCc2ncn[nH]2)cn1. The van der Waals surface area contributed by atoms with Gasteiger partial charge in [-0.15, -0.1) is 11.8 Å². The zero-order chi connectivity index (χ0) is 13.5. The Morgan fingerprint density at radius 3 is 2.95 bits per heavy atom. The maximum absolute atomic E-state index is 11.8. The molecule has 2 aromatic heterocycles. The Morgan fingerprint density at radius 1 is 1.42 bits per heavy atom. The molecule has 0 atom stereocenters. The van der Waals surface area contributed by atoms with Crippen molar-refractivity contribution in [3.05, 3.63) is 36.0 Å². The molecule has 0 fully saturated rings. The summed E-state index contributed by atoms with van der Waals surface area (Å²) in [5, 5.41) is 10.2. The van der Waals surface area contributed by atoms with Gasteiger partial charge in [-0.25, -0.2) is 9.97 Å². The normalized spacial score (nSPS) is 10.4. The van der Waals surface area contributed by atoms with E-state index < -0.39 is 0 Å². The van der Waals surface area contributed by atoms with Crippen LogP contribution >= 0.6 is 11.8 Å². The fourth-order valence-electron chi connectivity index (χ4n) is 1.50. The molecule has 0 aromatic carbocycles. The molecule has 1 amide bonds. The van der Waals surface area contributed by atoms with Crippen LogP contribution in [-0.2, 0) is 6.42 Å². The number of thioether (sulfide) groups is 1. The molecular formula is C12H15N5OS. The van der Waals surface area contributed by atoms with Gasteiger partial charge in [-0.1, -0.05) is 6.92 Å². The molecule has 0 bridgehead atoms. The molecule has 0 aliphatic heterocycles. The second-order valence-electron chi connectivity index (χ2n) is 3.76. The first-order chi connectivity index (χ1) is 9.29. The van der Waals surface area contributed by atoms with Crippen molar-refractivity contribution in [2.45, 2.75) is 18.4 Å². The van der Waals surface area contributed by atoms with Crippen LogP contribution in [0.1, 0.15) is 23.1 Å². The summed E-state index contributed by atoms with van der Waals surface area (Å²) in [6, 6.07) is 3.65. The summed E-state index contributed by atoms with van der Waals surface area (Å²) >= 11 is 1.65. The number of carbonyl (C=O) groups is 1. The van der Waals surface area contributed by atoms with E-state index in [1.54, 1.807) is 24.0 Å². The van der Waals surface area contributed by atoms with Crippen LogP contribution in [0.25, 0.3) is 0 Å². The van der Waals surface area contributed by atoms with Crippen molar-refractivity contribution in [1.29, 1.82) is 0 Å². The van der Waals surface area contributed by atoms with Gasteiger partial charge in [0.15, 0.2) is 0 Å². The van der Waals surface area contributed by atoms with E-state index in [0.717, 1.165) is 16.6 Å². The molecule has 2 aromatic rings. The van der Waals surface area contributed by atoms with Gasteiger partial charge in [-0.3, -0.25) is 9.89 Å². The molecule has 2 N–H and O–H groups in total. The van der Waals surface area contributed by atoms with E-state index in [1.807, 2.05) is 6.07 Å². The molecule has 0 aliphatic carbocycles. The van der Waals surface area contributed by atoms with Crippen LogP contribution in [0.4, 0.5) is 0 Å². The van der Waals surface area contributed by atoms with Crippen LogP contribution in [0.15, 0.2) is 29.7 Å². The highest BCUT2D eigenvalue weighted by atomic mass is 32.2. The molecule has 7 heteroatoms. The number of nitrogens with zero attached hydrogens (tertiary/aromatic N) is 3. The molecule has 100 valence electrons. The minimum absolute atomic E-state index is 0.125. The Labute approximate surface area is 115 Å². The molecule has 0 saturated heterocycles. The highest BCUT2D eigenvalue weighted by molar-refractivity contribution is 7.99. The summed E-state index contributed by atoms with van der Waals surface area (Å²) in [4.78, 5) is 20.0. The standard InChI is InChI=1S/C12H15N5OS/c1-2-19-11-4-3-9(7-14-11)12(18)13-6-5-10-15-8-16-17-10/h3-4,7-8H,2,5-6H2,1H3,(H,13,18)(H,15,16,17). The Morgan fingerprint density at radius 2 is 2.32 bits per heavy atom. The van der Waals surface area contributed by atoms with E-state index in [4.69, 9.17) is 0 Å². The molecule has 19 heavy (non-hydrogen) atoms. The van der Waals surface area contributed by atoms with Crippen molar-refractivity contribution in [2.75, 3.05) is 12.3 Å². The van der Waals surface area contributed by atoms with Crippen molar-refractivity contribution in [3.63, 3.8) is 0 Å². The van der Waals surface area contributed by atoms with E-state index in [9.17, 15) is 4.79 Å². The molecule has 2 heterocycles. The fraction of sp³-hybridized carbons (Fsp3) is 0.333. The van der Waals surface area contributed by atoms with Gasteiger partial charge in [0.05, 0.1) is 10.6 Å². The van der Waals surface area contributed by atoms with E-state index in [2.05, 4.69) is 32.4 Å². The van der Waals surface area contributed by atoms with Gasteiger partial charge < -0.3 is 5.32 Å². The molecule has 0 saturated carbocycles. The summed E-state index contributed by atoms with van der Waals surface area (Å²) < 4.78 is 0. The van der Waals surface area contributed by atoms with Gasteiger partial charge in [-0.2, -0.15) is 5.10 Å². The minimum Gasteiger partial charge on any atom is -0.352 e. The van der Waals surface area contributed by atoms with Crippen molar-refractivity contribution in [3.8, 4) is 0 Å². The van der Waals surface area contributed by atoms with Crippen LogP contribution in [-0.4, -0.2) is 38.4 Å². The zero-order valence-electron chi connectivity index (χ0n) is 10.6. The first kappa shape index (κ1) is 13.5. The van der Waals surface area contributed by atoms with Crippen LogP contribution in [0, 0.1) is 0 Å². The van der Waals surface area contributed by atoms with Gasteiger partial charge in [0.2, 0.25) is 0 Å². The third kappa shape index (κ3) is 4.06.